The van der Waals surface area contributed by atoms with Crippen molar-refractivity contribution >= 4 is 5.91 Å². The third-order valence-electron chi connectivity index (χ3n) is 5.30. The van der Waals surface area contributed by atoms with Gasteiger partial charge in [0.05, 0.1) is 24.9 Å². The van der Waals surface area contributed by atoms with Crippen molar-refractivity contribution in [1.82, 2.24) is 15.1 Å². The molecule has 0 aliphatic rings. The number of amides is 1. The van der Waals surface area contributed by atoms with Crippen LogP contribution in [0.15, 0.2) is 0 Å². The number of carbonyl (C=O) groups is 1. The molecule has 0 fully saturated rings. The number of rotatable bonds is 19. The molecule has 1 amide bonds. The van der Waals surface area contributed by atoms with Crippen LogP contribution in [0.4, 0.5) is 0 Å². The first-order valence-corrected chi connectivity index (χ1v) is 11.6. The van der Waals surface area contributed by atoms with Gasteiger partial charge in [0.25, 0.3) is 0 Å². The molecule has 0 spiro atoms. The van der Waals surface area contributed by atoms with Crippen LogP contribution in [0.5, 0.6) is 0 Å². The van der Waals surface area contributed by atoms with E-state index in [2.05, 4.69) is 24.1 Å². The molecule has 0 aliphatic heterocycles. The summed E-state index contributed by atoms with van der Waals surface area (Å²) in [6.07, 6.45) is 4.02. The van der Waals surface area contributed by atoms with Gasteiger partial charge in [0.1, 0.15) is 6.10 Å². The Hall–Kier alpha value is -0.770. The molecule has 0 bridgehead atoms. The number of nitrogens with zero attached hydrogens (tertiary/aromatic N) is 2. The zero-order chi connectivity index (χ0) is 22.9. The van der Waals surface area contributed by atoms with Gasteiger partial charge >= 0.3 is 0 Å². The quantitative estimate of drug-likeness (QED) is 0.189. The molecule has 0 saturated carbocycles. The Morgan fingerprint density at radius 1 is 0.933 bits per heavy atom. The van der Waals surface area contributed by atoms with Gasteiger partial charge in [0, 0.05) is 27.1 Å². The molecule has 0 unspecified atom stereocenters. The first kappa shape index (κ1) is 29.2. The van der Waals surface area contributed by atoms with Crippen molar-refractivity contribution in [2.75, 3.05) is 46.9 Å². The fourth-order valence-electron chi connectivity index (χ4n) is 3.48. The number of hydrogen-bond donors (Lipinski definition) is 5. The molecule has 30 heavy (non-hydrogen) atoms. The molecule has 0 aromatic carbocycles. The maximum Gasteiger partial charge on any atom is 0.239 e. The average Bonchev–Trinajstić information content (AvgIpc) is 2.71. The Bertz CT molecular complexity index is 426. The van der Waals surface area contributed by atoms with Crippen LogP contribution in [0.25, 0.3) is 0 Å². The van der Waals surface area contributed by atoms with Gasteiger partial charge in [-0.3, -0.25) is 4.79 Å². The topological polar surface area (TPSA) is 117 Å². The van der Waals surface area contributed by atoms with Crippen molar-refractivity contribution in [2.45, 2.75) is 89.6 Å². The van der Waals surface area contributed by atoms with Crippen molar-refractivity contribution in [3.63, 3.8) is 0 Å². The maximum atomic E-state index is 12.2. The molecular weight excluding hydrogens is 386 g/mol. The molecule has 0 heterocycles. The van der Waals surface area contributed by atoms with E-state index in [4.69, 9.17) is 5.11 Å². The van der Waals surface area contributed by atoms with Crippen LogP contribution in [0, 0.1) is 0 Å². The van der Waals surface area contributed by atoms with Crippen molar-refractivity contribution < 1.29 is 25.2 Å². The Balaban J connectivity index is 4.56. The molecule has 4 atom stereocenters. The van der Waals surface area contributed by atoms with Crippen LogP contribution >= 0.6 is 0 Å². The van der Waals surface area contributed by atoms with Gasteiger partial charge in [0.2, 0.25) is 5.91 Å². The van der Waals surface area contributed by atoms with Gasteiger partial charge in [-0.15, -0.1) is 0 Å². The molecule has 180 valence electrons. The summed E-state index contributed by atoms with van der Waals surface area (Å²) in [5.41, 5.74) is 0. The number of aliphatic hydroxyl groups excluding tert-OH is 4. The fraction of sp³-hybridized carbons (Fsp3) is 0.955. The summed E-state index contributed by atoms with van der Waals surface area (Å²) in [6.45, 7) is 6.50. The van der Waals surface area contributed by atoms with Crippen molar-refractivity contribution in [1.29, 1.82) is 0 Å². The van der Waals surface area contributed by atoms with Gasteiger partial charge in [-0.1, -0.05) is 39.5 Å². The standard InChI is InChI=1S/C22H47N3O5/c1-5-7-8-9-13-25(16-18(27)15-20(28)21(29)17-26)14-10-12-23-19(11-6-2)22(30)24(3)4/h18-21,23,26-29H,5-17H2,1-4H3/t18-,19+,20+,21-/m1/s1. The summed E-state index contributed by atoms with van der Waals surface area (Å²) in [5.74, 6) is 0.0973. The van der Waals surface area contributed by atoms with Crippen LogP contribution in [0.3, 0.4) is 0 Å². The fourth-order valence-corrected chi connectivity index (χ4v) is 3.48. The molecule has 0 aromatic rings. The molecular formula is C22H47N3O5. The minimum absolute atomic E-state index is 0.0291. The summed E-state index contributed by atoms with van der Waals surface area (Å²) in [7, 11) is 3.54. The van der Waals surface area contributed by atoms with Crippen molar-refractivity contribution in [3.05, 3.63) is 0 Å². The number of aliphatic hydroxyl groups is 4. The van der Waals surface area contributed by atoms with E-state index in [0.29, 0.717) is 6.54 Å². The lowest BCUT2D eigenvalue weighted by Crippen LogP contribution is -2.44. The van der Waals surface area contributed by atoms with E-state index in [1.165, 1.54) is 6.42 Å². The molecule has 8 nitrogen and oxygen atoms in total. The molecule has 0 saturated heterocycles. The molecule has 0 rings (SSSR count). The molecule has 0 aromatic heterocycles. The van der Waals surface area contributed by atoms with Crippen LogP contribution < -0.4 is 5.32 Å². The van der Waals surface area contributed by atoms with E-state index >= 15 is 0 Å². The van der Waals surface area contributed by atoms with Crippen LogP contribution in [-0.2, 0) is 4.79 Å². The van der Waals surface area contributed by atoms with E-state index in [9.17, 15) is 20.1 Å². The number of hydrogen-bond acceptors (Lipinski definition) is 7. The molecule has 0 radical (unpaired) electrons. The highest BCUT2D eigenvalue weighted by Crippen LogP contribution is 2.08. The lowest BCUT2D eigenvalue weighted by atomic mass is 10.1. The molecule has 0 aliphatic carbocycles. The zero-order valence-electron chi connectivity index (χ0n) is 19.6. The monoisotopic (exact) mass is 433 g/mol. The number of carbonyl (C=O) groups excluding carboxylic acids is 1. The third-order valence-corrected chi connectivity index (χ3v) is 5.30. The summed E-state index contributed by atoms with van der Waals surface area (Å²) < 4.78 is 0. The van der Waals surface area contributed by atoms with Crippen LogP contribution in [-0.4, -0.2) is 107 Å². The normalized spacial score (nSPS) is 15.8. The highest BCUT2D eigenvalue weighted by Gasteiger charge is 2.21. The van der Waals surface area contributed by atoms with Gasteiger partial charge < -0.3 is 35.5 Å². The van der Waals surface area contributed by atoms with Gasteiger partial charge in [0.15, 0.2) is 0 Å². The lowest BCUT2D eigenvalue weighted by molar-refractivity contribution is -0.131. The predicted octanol–water partition coefficient (Wildman–Crippen LogP) is 0.570. The van der Waals surface area contributed by atoms with E-state index < -0.39 is 24.9 Å². The van der Waals surface area contributed by atoms with Gasteiger partial charge in [-0.2, -0.15) is 0 Å². The minimum atomic E-state index is -1.23. The van der Waals surface area contributed by atoms with Gasteiger partial charge in [-0.25, -0.2) is 0 Å². The second kappa shape index (κ2) is 17.9. The second-order valence-electron chi connectivity index (χ2n) is 8.45. The van der Waals surface area contributed by atoms with E-state index in [1.807, 2.05) is 0 Å². The largest absolute Gasteiger partial charge is 0.394 e. The Kier molecular flexibility index (Phi) is 17.4. The average molecular weight is 434 g/mol. The molecule has 5 N–H and O–H groups in total. The SMILES string of the molecule is CCCCCCN(CCCN[C@@H](CCC)C(=O)N(C)C)C[C@H](O)C[C@H](O)[C@H](O)CO. The Morgan fingerprint density at radius 3 is 2.17 bits per heavy atom. The second-order valence-corrected chi connectivity index (χ2v) is 8.45. The first-order valence-electron chi connectivity index (χ1n) is 11.6. The summed E-state index contributed by atoms with van der Waals surface area (Å²) in [6, 6.07) is -0.163. The maximum absolute atomic E-state index is 12.2. The van der Waals surface area contributed by atoms with Gasteiger partial charge in [-0.05, 0) is 38.9 Å². The van der Waals surface area contributed by atoms with E-state index in [-0.39, 0.29) is 18.4 Å². The molecule has 8 heteroatoms. The summed E-state index contributed by atoms with van der Waals surface area (Å²) in [5, 5.41) is 41.9. The van der Waals surface area contributed by atoms with Crippen LogP contribution in [0.1, 0.15) is 65.2 Å². The number of nitrogens with one attached hydrogen (secondary N) is 1. The lowest BCUT2D eigenvalue weighted by Gasteiger charge is -2.27. The summed E-state index contributed by atoms with van der Waals surface area (Å²) >= 11 is 0. The van der Waals surface area contributed by atoms with Crippen molar-refractivity contribution in [3.8, 4) is 0 Å². The van der Waals surface area contributed by atoms with E-state index in [1.54, 1.807) is 19.0 Å². The third kappa shape index (κ3) is 13.5. The minimum Gasteiger partial charge on any atom is -0.394 e. The van der Waals surface area contributed by atoms with Crippen molar-refractivity contribution in [2.24, 2.45) is 0 Å². The zero-order valence-corrected chi connectivity index (χ0v) is 19.6. The van der Waals surface area contributed by atoms with Crippen LogP contribution in [0.2, 0.25) is 0 Å². The number of likely N-dealkylation sites (N-methyl/N-ethyl adjacent to an activating group) is 1. The first-order chi connectivity index (χ1) is 14.3. The van der Waals surface area contributed by atoms with E-state index in [0.717, 1.165) is 58.2 Å². The Labute approximate surface area is 183 Å². The number of unbranched alkanes of at least 4 members (excludes halogenated alkanes) is 3. The Morgan fingerprint density at radius 2 is 1.60 bits per heavy atom. The smallest absolute Gasteiger partial charge is 0.239 e. The highest BCUT2D eigenvalue weighted by atomic mass is 16.4. The highest BCUT2D eigenvalue weighted by molar-refractivity contribution is 5.81. The summed E-state index contributed by atoms with van der Waals surface area (Å²) in [4.78, 5) is 16.1. The predicted molar refractivity (Wildman–Crippen MR) is 120 cm³/mol.